The van der Waals surface area contributed by atoms with Crippen LogP contribution >= 0.6 is 0 Å². The predicted molar refractivity (Wildman–Crippen MR) is 78.3 cm³/mol. The minimum atomic E-state index is -0.804. The Balaban J connectivity index is 2.33. The highest BCUT2D eigenvalue weighted by molar-refractivity contribution is 5.95. The van der Waals surface area contributed by atoms with Gasteiger partial charge in [0.15, 0.2) is 0 Å². The number of nitrogens with one attached hydrogen (secondary N) is 1. The topological polar surface area (TPSA) is 49.4 Å². The van der Waals surface area contributed by atoms with Gasteiger partial charge in [0.1, 0.15) is 5.54 Å². The van der Waals surface area contributed by atoms with Gasteiger partial charge in [0, 0.05) is 13.1 Å². The molecule has 0 radical (unpaired) electrons. The Labute approximate surface area is 120 Å². The Kier molecular flexibility index (Phi) is 3.59. The first-order chi connectivity index (χ1) is 9.28. The summed E-state index contributed by atoms with van der Waals surface area (Å²) in [6, 6.07) is 9.70. The summed E-state index contributed by atoms with van der Waals surface area (Å²) in [6.07, 6.45) is 0. The molecule has 1 aliphatic rings. The second kappa shape index (κ2) is 4.93. The minimum absolute atomic E-state index is 0.0106. The summed E-state index contributed by atoms with van der Waals surface area (Å²) in [5, 5.41) is 2.82. The standard InChI is InChI=1S/C16H22N2O2/c1-15(2,12-8-6-5-7-9-12)14(20)18-11-10-17-13(19)16(18,3)4/h5-9H,10-11H2,1-4H3,(H,17,19). The van der Waals surface area contributed by atoms with Gasteiger partial charge >= 0.3 is 0 Å². The first kappa shape index (κ1) is 14.6. The van der Waals surface area contributed by atoms with Gasteiger partial charge in [-0.3, -0.25) is 9.59 Å². The lowest BCUT2D eigenvalue weighted by atomic mass is 9.81. The van der Waals surface area contributed by atoms with E-state index in [1.54, 1.807) is 18.7 Å². The lowest BCUT2D eigenvalue weighted by Gasteiger charge is -2.44. The van der Waals surface area contributed by atoms with Gasteiger partial charge in [0.25, 0.3) is 0 Å². The fourth-order valence-electron chi connectivity index (χ4n) is 2.57. The Morgan fingerprint density at radius 2 is 1.85 bits per heavy atom. The number of amides is 2. The number of carbonyl (C=O) groups excluding carboxylic acids is 2. The molecule has 20 heavy (non-hydrogen) atoms. The number of hydrogen-bond donors (Lipinski definition) is 1. The zero-order valence-corrected chi connectivity index (χ0v) is 12.6. The molecule has 1 saturated heterocycles. The fourth-order valence-corrected chi connectivity index (χ4v) is 2.57. The Hall–Kier alpha value is -1.84. The molecule has 1 N–H and O–H groups in total. The average molecular weight is 274 g/mol. The Morgan fingerprint density at radius 1 is 1.25 bits per heavy atom. The van der Waals surface area contributed by atoms with Crippen molar-refractivity contribution in [3.63, 3.8) is 0 Å². The van der Waals surface area contributed by atoms with Crippen LogP contribution in [0.2, 0.25) is 0 Å². The third-order valence-electron chi connectivity index (χ3n) is 4.13. The molecule has 0 spiro atoms. The highest BCUT2D eigenvalue weighted by Crippen LogP contribution is 2.29. The van der Waals surface area contributed by atoms with E-state index in [4.69, 9.17) is 0 Å². The molecule has 0 atom stereocenters. The van der Waals surface area contributed by atoms with Gasteiger partial charge in [0.05, 0.1) is 5.41 Å². The molecule has 1 heterocycles. The van der Waals surface area contributed by atoms with E-state index < -0.39 is 11.0 Å². The van der Waals surface area contributed by atoms with Crippen LogP contribution in [0.5, 0.6) is 0 Å². The number of nitrogens with zero attached hydrogens (tertiary/aromatic N) is 1. The molecule has 4 heteroatoms. The number of hydrogen-bond acceptors (Lipinski definition) is 2. The van der Waals surface area contributed by atoms with E-state index in [9.17, 15) is 9.59 Å². The van der Waals surface area contributed by atoms with Gasteiger partial charge in [-0.25, -0.2) is 0 Å². The molecule has 1 aromatic carbocycles. The molecule has 2 amide bonds. The molecule has 0 unspecified atom stereocenters. The molecular weight excluding hydrogens is 252 g/mol. The highest BCUT2D eigenvalue weighted by atomic mass is 16.2. The van der Waals surface area contributed by atoms with Crippen LogP contribution in [0, 0.1) is 0 Å². The summed E-state index contributed by atoms with van der Waals surface area (Å²) >= 11 is 0. The van der Waals surface area contributed by atoms with E-state index in [1.165, 1.54) is 0 Å². The third-order valence-corrected chi connectivity index (χ3v) is 4.13. The van der Waals surface area contributed by atoms with E-state index in [2.05, 4.69) is 5.32 Å². The zero-order valence-electron chi connectivity index (χ0n) is 12.6. The Bertz CT molecular complexity index is 521. The van der Waals surface area contributed by atoms with E-state index in [-0.39, 0.29) is 11.8 Å². The molecule has 1 aliphatic heterocycles. The van der Waals surface area contributed by atoms with Crippen LogP contribution in [-0.4, -0.2) is 35.3 Å². The lowest BCUT2D eigenvalue weighted by Crippen LogP contribution is -2.65. The summed E-state index contributed by atoms with van der Waals surface area (Å²) in [7, 11) is 0. The predicted octanol–water partition coefficient (Wildman–Crippen LogP) is 1.70. The first-order valence-corrected chi connectivity index (χ1v) is 6.94. The lowest BCUT2D eigenvalue weighted by molar-refractivity contribution is -0.152. The van der Waals surface area contributed by atoms with Crippen LogP contribution in [0.4, 0.5) is 0 Å². The van der Waals surface area contributed by atoms with Crippen molar-refractivity contribution in [3.8, 4) is 0 Å². The molecule has 108 valence electrons. The van der Waals surface area contributed by atoms with Crippen molar-refractivity contribution in [1.29, 1.82) is 0 Å². The molecule has 4 nitrogen and oxygen atoms in total. The molecule has 0 bridgehead atoms. The van der Waals surface area contributed by atoms with Gasteiger partial charge in [-0.05, 0) is 33.3 Å². The quantitative estimate of drug-likeness (QED) is 0.892. The summed E-state index contributed by atoms with van der Waals surface area (Å²) in [6.45, 7) is 8.47. The van der Waals surface area contributed by atoms with E-state index >= 15 is 0 Å². The van der Waals surface area contributed by atoms with E-state index in [0.717, 1.165) is 5.56 Å². The van der Waals surface area contributed by atoms with Gasteiger partial charge in [-0.15, -0.1) is 0 Å². The van der Waals surface area contributed by atoms with Crippen LogP contribution in [0.3, 0.4) is 0 Å². The number of benzene rings is 1. The molecule has 0 aliphatic carbocycles. The maximum Gasteiger partial charge on any atom is 0.245 e. The normalized spacial score (nSPS) is 18.6. The number of rotatable bonds is 2. The number of carbonyl (C=O) groups is 2. The highest BCUT2D eigenvalue weighted by Gasteiger charge is 2.45. The van der Waals surface area contributed by atoms with Crippen molar-refractivity contribution in [1.82, 2.24) is 10.2 Å². The van der Waals surface area contributed by atoms with Crippen molar-refractivity contribution in [2.24, 2.45) is 0 Å². The van der Waals surface area contributed by atoms with Crippen LogP contribution in [0.1, 0.15) is 33.3 Å². The average Bonchev–Trinajstić information content (AvgIpc) is 2.42. The van der Waals surface area contributed by atoms with Crippen molar-refractivity contribution in [2.75, 3.05) is 13.1 Å². The second-order valence-electron chi connectivity index (χ2n) is 6.26. The molecule has 2 rings (SSSR count). The summed E-state index contributed by atoms with van der Waals surface area (Å²) in [4.78, 5) is 26.6. The van der Waals surface area contributed by atoms with Crippen LogP contribution < -0.4 is 5.32 Å². The van der Waals surface area contributed by atoms with Crippen LogP contribution in [-0.2, 0) is 15.0 Å². The maximum atomic E-state index is 12.9. The number of piperazine rings is 1. The van der Waals surface area contributed by atoms with Crippen molar-refractivity contribution < 1.29 is 9.59 Å². The SMILES string of the molecule is CC(C)(C(=O)N1CCNC(=O)C1(C)C)c1ccccc1. The monoisotopic (exact) mass is 274 g/mol. The van der Waals surface area contributed by atoms with Crippen molar-refractivity contribution in [3.05, 3.63) is 35.9 Å². The molecule has 1 aromatic rings. The fraction of sp³-hybridized carbons (Fsp3) is 0.500. The second-order valence-corrected chi connectivity index (χ2v) is 6.26. The molecule has 0 aromatic heterocycles. The van der Waals surface area contributed by atoms with Gasteiger partial charge in [-0.1, -0.05) is 30.3 Å². The summed E-state index contributed by atoms with van der Waals surface area (Å²) < 4.78 is 0. The third kappa shape index (κ3) is 2.30. The van der Waals surface area contributed by atoms with E-state index in [1.807, 2.05) is 44.2 Å². The maximum absolute atomic E-state index is 12.9. The van der Waals surface area contributed by atoms with Crippen LogP contribution in [0.25, 0.3) is 0 Å². The minimum Gasteiger partial charge on any atom is -0.352 e. The molecule has 1 fully saturated rings. The van der Waals surface area contributed by atoms with Crippen molar-refractivity contribution in [2.45, 2.75) is 38.6 Å². The largest absolute Gasteiger partial charge is 0.352 e. The summed E-state index contributed by atoms with van der Waals surface area (Å²) in [5.41, 5.74) is -0.482. The van der Waals surface area contributed by atoms with Gasteiger partial charge < -0.3 is 10.2 Å². The first-order valence-electron chi connectivity index (χ1n) is 6.94. The van der Waals surface area contributed by atoms with E-state index in [0.29, 0.717) is 13.1 Å². The molecular formula is C16H22N2O2. The zero-order chi connectivity index (χ0) is 15.0. The smallest absolute Gasteiger partial charge is 0.245 e. The van der Waals surface area contributed by atoms with Crippen molar-refractivity contribution >= 4 is 11.8 Å². The van der Waals surface area contributed by atoms with Gasteiger partial charge in [0.2, 0.25) is 11.8 Å². The van der Waals surface area contributed by atoms with Crippen LogP contribution in [0.15, 0.2) is 30.3 Å². The summed E-state index contributed by atoms with van der Waals surface area (Å²) in [5.74, 6) is -0.107. The molecule has 0 saturated carbocycles. The Morgan fingerprint density at radius 3 is 2.45 bits per heavy atom. The van der Waals surface area contributed by atoms with Gasteiger partial charge in [-0.2, -0.15) is 0 Å².